The highest BCUT2D eigenvalue weighted by Gasteiger charge is 2.20. The maximum Gasteiger partial charge on any atom is 0.305 e. The summed E-state index contributed by atoms with van der Waals surface area (Å²) in [4.78, 5) is 24.6. The van der Waals surface area contributed by atoms with Gasteiger partial charge < -0.3 is 20.3 Å². The Bertz CT molecular complexity index is 1100. The summed E-state index contributed by atoms with van der Waals surface area (Å²) in [5, 5.41) is 23.4. The van der Waals surface area contributed by atoms with Crippen molar-refractivity contribution in [2.24, 2.45) is 0 Å². The summed E-state index contributed by atoms with van der Waals surface area (Å²) in [6.45, 7) is 5.00. The Hall–Kier alpha value is -1.14. The number of aliphatic hydroxyl groups excluding tert-OH is 2. The van der Waals surface area contributed by atoms with E-state index in [1.54, 1.807) is 0 Å². The number of carbonyl (C=O) groups excluding carboxylic acids is 2. The molecule has 0 spiro atoms. The molecule has 0 aliphatic heterocycles. The SMILES string of the molecule is CCCCCCCCCCCCCCCCCCCCC(=O)OCCCCCCCCCCCCCCCCCCCCCCCCCCCC(=O)NC(CO)C(O)CCCCCCCCCCCCCCCCCC. The quantitative estimate of drug-likeness (QED) is 0.0417. The number of hydrogen-bond acceptors (Lipinski definition) is 5. The van der Waals surface area contributed by atoms with Gasteiger partial charge >= 0.3 is 5.97 Å². The monoisotopic (exact) mass is 1070 g/mol. The van der Waals surface area contributed by atoms with Gasteiger partial charge in [0.1, 0.15) is 0 Å². The van der Waals surface area contributed by atoms with Crippen LogP contribution in [0.15, 0.2) is 0 Å². The lowest BCUT2D eigenvalue weighted by atomic mass is 10.0. The molecular weight excluding hydrogens is 935 g/mol. The van der Waals surface area contributed by atoms with Crippen molar-refractivity contribution in [2.45, 2.75) is 424 Å². The smallest absolute Gasteiger partial charge is 0.305 e. The van der Waals surface area contributed by atoms with E-state index in [4.69, 9.17) is 4.74 Å². The molecule has 454 valence electrons. The van der Waals surface area contributed by atoms with E-state index >= 15 is 0 Å². The summed E-state index contributed by atoms with van der Waals surface area (Å²) >= 11 is 0. The zero-order valence-electron chi connectivity index (χ0n) is 52.0. The Morgan fingerprint density at radius 3 is 0.803 bits per heavy atom. The van der Waals surface area contributed by atoms with E-state index in [1.165, 1.54) is 340 Å². The van der Waals surface area contributed by atoms with Crippen molar-refractivity contribution in [3.05, 3.63) is 0 Å². The van der Waals surface area contributed by atoms with Crippen molar-refractivity contribution in [1.82, 2.24) is 5.32 Å². The molecule has 0 radical (unpaired) electrons. The minimum absolute atomic E-state index is 0.0222. The van der Waals surface area contributed by atoms with Crippen LogP contribution in [-0.4, -0.2) is 47.4 Å². The first-order chi connectivity index (χ1) is 37.5. The first-order valence-corrected chi connectivity index (χ1v) is 35.3. The van der Waals surface area contributed by atoms with E-state index in [1.807, 2.05) is 0 Å². The van der Waals surface area contributed by atoms with Crippen LogP contribution in [-0.2, 0) is 14.3 Å². The first kappa shape index (κ1) is 74.9. The fraction of sp³-hybridized carbons (Fsp3) is 0.971. The summed E-state index contributed by atoms with van der Waals surface area (Å²) in [5.41, 5.74) is 0. The molecule has 0 aromatic carbocycles. The number of carbonyl (C=O) groups is 2. The highest BCUT2D eigenvalue weighted by Crippen LogP contribution is 2.20. The Labute approximate surface area is 476 Å². The summed E-state index contributed by atoms with van der Waals surface area (Å²) in [7, 11) is 0. The van der Waals surface area contributed by atoms with Gasteiger partial charge in [-0.15, -0.1) is 0 Å². The molecule has 0 saturated carbocycles. The van der Waals surface area contributed by atoms with Gasteiger partial charge in [-0.25, -0.2) is 0 Å². The number of unbranched alkanes of at least 4 members (excludes halogenated alkanes) is 56. The Kier molecular flexibility index (Phi) is 65.4. The lowest BCUT2D eigenvalue weighted by Gasteiger charge is -2.22. The number of nitrogens with one attached hydrogen (secondary N) is 1. The molecule has 2 unspecified atom stereocenters. The molecule has 0 fully saturated rings. The maximum atomic E-state index is 12.5. The third-order valence-electron chi connectivity index (χ3n) is 16.9. The molecule has 6 heteroatoms. The number of aliphatic hydroxyl groups is 2. The van der Waals surface area contributed by atoms with Crippen molar-refractivity contribution in [2.75, 3.05) is 13.2 Å². The first-order valence-electron chi connectivity index (χ1n) is 35.3. The average molecular weight is 1070 g/mol. The second-order valence-corrected chi connectivity index (χ2v) is 24.6. The predicted molar refractivity (Wildman–Crippen MR) is 334 cm³/mol. The third-order valence-corrected chi connectivity index (χ3v) is 16.9. The van der Waals surface area contributed by atoms with Crippen LogP contribution in [0, 0.1) is 0 Å². The minimum Gasteiger partial charge on any atom is -0.466 e. The van der Waals surface area contributed by atoms with Gasteiger partial charge in [0.2, 0.25) is 5.91 Å². The second-order valence-electron chi connectivity index (χ2n) is 24.6. The molecule has 6 nitrogen and oxygen atoms in total. The molecule has 0 aliphatic rings. The van der Waals surface area contributed by atoms with Crippen LogP contribution in [0.2, 0.25) is 0 Å². The minimum atomic E-state index is -0.662. The zero-order valence-corrected chi connectivity index (χ0v) is 52.0. The molecule has 0 aliphatic carbocycles. The van der Waals surface area contributed by atoms with Gasteiger partial charge in [0.15, 0.2) is 0 Å². The number of esters is 1. The normalized spacial score (nSPS) is 12.4. The summed E-state index contributed by atoms with van der Waals surface area (Å²) in [6.07, 6.45) is 80.1. The van der Waals surface area contributed by atoms with Crippen LogP contribution >= 0.6 is 0 Å². The Morgan fingerprint density at radius 1 is 0.316 bits per heavy atom. The van der Waals surface area contributed by atoms with Crippen LogP contribution in [0.5, 0.6) is 0 Å². The van der Waals surface area contributed by atoms with Gasteiger partial charge in [-0.2, -0.15) is 0 Å². The van der Waals surface area contributed by atoms with E-state index in [2.05, 4.69) is 19.2 Å². The van der Waals surface area contributed by atoms with Crippen LogP contribution in [0.1, 0.15) is 412 Å². The van der Waals surface area contributed by atoms with E-state index in [9.17, 15) is 19.8 Å². The lowest BCUT2D eigenvalue weighted by molar-refractivity contribution is -0.143. The molecule has 0 saturated heterocycles. The predicted octanol–water partition coefficient (Wildman–Crippen LogP) is 22.6. The molecule has 0 heterocycles. The average Bonchev–Trinajstić information content (AvgIpc) is 3.42. The molecule has 1 amide bonds. The molecule has 0 aromatic heterocycles. The summed E-state index contributed by atoms with van der Waals surface area (Å²) in [5.74, 6) is -0.00686. The van der Waals surface area contributed by atoms with Crippen molar-refractivity contribution >= 4 is 11.9 Å². The van der Waals surface area contributed by atoms with Crippen LogP contribution in [0.25, 0.3) is 0 Å². The van der Waals surface area contributed by atoms with Gasteiger partial charge in [-0.3, -0.25) is 9.59 Å². The molecule has 0 rings (SSSR count). The highest BCUT2D eigenvalue weighted by atomic mass is 16.5. The van der Waals surface area contributed by atoms with E-state index in [-0.39, 0.29) is 18.5 Å². The van der Waals surface area contributed by atoms with E-state index in [0.717, 1.165) is 38.5 Å². The Balaban J connectivity index is 3.33. The molecule has 0 aromatic rings. The van der Waals surface area contributed by atoms with Gasteiger partial charge in [0.25, 0.3) is 0 Å². The highest BCUT2D eigenvalue weighted by molar-refractivity contribution is 5.76. The molecule has 76 heavy (non-hydrogen) atoms. The topological polar surface area (TPSA) is 95.9 Å². The molecular formula is C70H139NO5. The van der Waals surface area contributed by atoms with Crippen molar-refractivity contribution < 1.29 is 24.5 Å². The van der Waals surface area contributed by atoms with Gasteiger partial charge in [-0.1, -0.05) is 373 Å². The van der Waals surface area contributed by atoms with Crippen LogP contribution < -0.4 is 5.32 Å². The van der Waals surface area contributed by atoms with Crippen LogP contribution in [0.3, 0.4) is 0 Å². The number of amides is 1. The fourth-order valence-corrected chi connectivity index (χ4v) is 11.5. The standard InChI is InChI=1S/C70H139NO5/c1-3-5-7-9-11-13-15-17-19-21-32-36-40-44-48-52-56-60-64-70(75)76-65-61-57-53-49-45-41-37-33-30-28-26-24-22-23-25-27-29-31-35-39-43-47-51-55-59-63-69(74)71-67(66-72)68(73)62-58-54-50-46-42-38-34-20-18-16-14-12-10-8-6-4-2/h67-68,72-73H,3-66H2,1-2H3,(H,71,74). The van der Waals surface area contributed by atoms with Gasteiger partial charge in [0, 0.05) is 12.8 Å². The fourth-order valence-electron chi connectivity index (χ4n) is 11.5. The number of hydrogen-bond donors (Lipinski definition) is 3. The van der Waals surface area contributed by atoms with Crippen molar-refractivity contribution in [1.29, 1.82) is 0 Å². The van der Waals surface area contributed by atoms with E-state index < -0.39 is 12.1 Å². The van der Waals surface area contributed by atoms with Gasteiger partial charge in [-0.05, 0) is 25.7 Å². The molecule has 2 atom stereocenters. The van der Waals surface area contributed by atoms with Crippen molar-refractivity contribution in [3.63, 3.8) is 0 Å². The summed E-state index contributed by atoms with van der Waals surface area (Å²) < 4.78 is 5.51. The van der Waals surface area contributed by atoms with Gasteiger partial charge in [0.05, 0.1) is 25.4 Å². The second kappa shape index (κ2) is 66.4. The maximum absolute atomic E-state index is 12.5. The molecule has 3 N–H and O–H groups in total. The van der Waals surface area contributed by atoms with Crippen molar-refractivity contribution in [3.8, 4) is 0 Å². The largest absolute Gasteiger partial charge is 0.466 e. The summed E-state index contributed by atoms with van der Waals surface area (Å²) in [6, 6.07) is -0.539. The number of rotatable bonds is 67. The lowest BCUT2D eigenvalue weighted by Crippen LogP contribution is -2.45. The zero-order chi connectivity index (χ0) is 55.0. The van der Waals surface area contributed by atoms with Crippen LogP contribution in [0.4, 0.5) is 0 Å². The molecule has 0 bridgehead atoms. The third kappa shape index (κ3) is 62.1. The Morgan fingerprint density at radius 2 is 0.539 bits per heavy atom. The van der Waals surface area contributed by atoms with E-state index in [0.29, 0.717) is 25.9 Å². The number of ether oxygens (including phenoxy) is 1.